The predicted octanol–water partition coefficient (Wildman–Crippen LogP) is 2.52. The zero-order valence-corrected chi connectivity index (χ0v) is 15.8. The van der Waals surface area contributed by atoms with E-state index in [0.717, 1.165) is 17.0 Å². The highest BCUT2D eigenvalue weighted by Gasteiger charge is 2.33. The van der Waals surface area contributed by atoms with Gasteiger partial charge in [0.05, 0.1) is 18.2 Å². The van der Waals surface area contributed by atoms with Gasteiger partial charge < -0.3 is 19.4 Å². The molecule has 0 saturated carbocycles. The number of fused-ring (bicyclic) bond motifs is 1. The summed E-state index contributed by atoms with van der Waals surface area (Å²) in [5, 5.41) is 2.94. The Labute approximate surface area is 153 Å². The quantitative estimate of drug-likeness (QED) is 0.915. The molecule has 0 bridgehead atoms. The third kappa shape index (κ3) is 4.15. The molecule has 1 saturated heterocycles. The lowest BCUT2D eigenvalue weighted by Gasteiger charge is -2.24. The molecule has 1 unspecified atom stereocenters. The molecule has 7 nitrogen and oxygen atoms in total. The van der Waals surface area contributed by atoms with E-state index in [0.29, 0.717) is 26.1 Å². The first-order valence-corrected chi connectivity index (χ1v) is 8.92. The Bertz CT molecular complexity index is 822. The van der Waals surface area contributed by atoms with Gasteiger partial charge in [-0.15, -0.1) is 0 Å². The summed E-state index contributed by atoms with van der Waals surface area (Å²) in [6.45, 7) is 8.83. The third-order valence-corrected chi connectivity index (χ3v) is 4.40. The topological polar surface area (TPSA) is 75.9 Å². The molecule has 1 aliphatic rings. The first-order chi connectivity index (χ1) is 12.2. The molecular weight excluding hydrogens is 332 g/mol. The minimum Gasteiger partial charge on any atom is -0.444 e. The van der Waals surface area contributed by atoms with Crippen molar-refractivity contribution in [2.45, 2.75) is 46.3 Å². The number of carbonyl (C=O) groups excluding carboxylic acids is 2. The number of imidazole rings is 1. The van der Waals surface area contributed by atoms with Crippen molar-refractivity contribution in [2.24, 2.45) is 5.92 Å². The SMILES string of the molecule is Cc1cccc2nc(CNC(=O)C3CCN(C(=O)OC(C)(C)C)C3)cn12. The monoisotopic (exact) mass is 358 g/mol. The maximum Gasteiger partial charge on any atom is 0.410 e. The van der Waals surface area contributed by atoms with Crippen molar-refractivity contribution in [3.63, 3.8) is 0 Å². The number of ether oxygens (including phenoxy) is 1. The number of likely N-dealkylation sites (tertiary alicyclic amines) is 1. The number of rotatable bonds is 3. The third-order valence-electron chi connectivity index (χ3n) is 4.40. The fourth-order valence-electron chi connectivity index (χ4n) is 3.07. The second kappa shape index (κ2) is 6.97. The Kier molecular flexibility index (Phi) is 4.89. The maximum atomic E-state index is 12.4. The standard InChI is InChI=1S/C19H26N4O3/c1-13-6-5-7-16-21-15(12-23(13)16)10-20-17(24)14-8-9-22(11-14)18(25)26-19(2,3)4/h5-7,12,14H,8-11H2,1-4H3,(H,20,24). The number of aromatic nitrogens is 2. The molecule has 0 aliphatic carbocycles. The molecular formula is C19H26N4O3. The van der Waals surface area contributed by atoms with Gasteiger partial charge in [-0.2, -0.15) is 0 Å². The fraction of sp³-hybridized carbons (Fsp3) is 0.526. The molecule has 1 aliphatic heterocycles. The number of hydrogen-bond acceptors (Lipinski definition) is 4. The van der Waals surface area contributed by atoms with Crippen LogP contribution in [-0.4, -0.2) is 45.0 Å². The van der Waals surface area contributed by atoms with E-state index in [1.165, 1.54) is 0 Å². The van der Waals surface area contributed by atoms with Crippen molar-refractivity contribution in [1.82, 2.24) is 19.6 Å². The minimum absolute atomic E-state index is 0.0511. The van der Waals surface area contributed by atoms with Gasteiger partial charge in [0.2, 0.25) is 5.91 Å². The summed E-state index contributed by atoms with van der Waals surface area (Å²) >= 11 is 0. The van der Waals surface area contributed by atoms with Crippen molar-refractivity contribution < 1.29 is 14.3 Å². The summed E-state index contributed by atoms with van der Waals surface area (Å²) in [4.78, 5) is 30.6. The molecule has 2 aromatic rings. The summed E-state index contributed by atoms with van der Waals surface area (Å²) in [5.74, 6) is -0.258. The summed E-state index contributed by atoms with van der Waals surface area (Å²) in [6.07, 6.45) is 2.23. The Balaban J connectivity index is 1.54. The van der Waals surface area contributed by atoms with Crippen LogP contribution in [0.15, 0.2) is 24.4 Å². The fourth-order valence-corrected chi connectivity index (χ4v) is 3.07. The first kappa shape index (κ1) is 18.2. The lowest BCUT2D eigenvalue weighted by molar-refractivity contribution is -0.124. The average molecular weight is 358 g/mol. The van der Waals surface area contributed by atoms with Gasteiger partial charge in [0.1, 0.15) is 11.2 Å². The van der Waals surface area contributed by atoms with E-state index in [1.807, 2.05) is 56.5 Å². The minimum atomic E-state index is -0.529. The van der Waals surface area contributed by atoms with Gasteiger partial charge >= 0.3 is 6.09 Å². The molecule has 1 fully saturated rings. The van der Waals surface area contributed by atoms with Crippen molar-refractivity contribution in [2.75, 3.05) is 13.1 Å². The lowest BCUT2D eigenvalue weighted by Crippen LogP contribution is -2.37. The van der Waals surface area contributed by atoms with Gasteiger partial charge in [0, 0.05) is 25.0 Å². The van der Waals surface area contributed by atoms with E-state index in [9.17, 15) is 9.59 Å². The van der Waals surface area contributed by atoms with Crippen LogP contribution in [0.5, 0.6) is 0 Å². The van der Waals surface area contributed by atoms with Crippen LogP contribution in [0.2, 0.25) is 0 Å². The zero-order valence-electron chi connectivity index (χ0n) is 15.8. The van der Waals surface area contributed by atoms with Gasteiger partial charge in [0.25, 0.3) is 0 Å². The van der Waals surface area contributed by atoms with Gasteiger partial charge in [-0.1, -0.05) is 6.07 Å². The zero-order chi connectivity index (χ0) is 18.9. The molecule has 3 heterocycles. The summed E-state index contributed by atoms with van der Waals surface area (Å²) in [7, 11) is 0. The molecule has 7 heteroatoms. The van der Waals surface area contributed by atoms with Crippen LogP contribution in [0.4, 0.5) is 4.79 Å². The van der Waals surface area contributed by atoms with Crippen molar-refractivity contribution in [3.8, 4) is 0 Å². The highest BCUT2D eigenvalue weighted by Crippen LogP contribution is 2.20. The molecule has 0 aromatic carbocycles. The predicted molar refractivity (Wildman–Crippen MR) is 97.7 cm³/mol. The van der Waals surface area contributed by atoms with E-state index in [4.69, 9.17) is 4.74 Å². The largest absolute Gasteiger partial charge is 0.444 e. The molecule has 2 amide bonds. The molecule has 2 aromatic heterocycles. The summed E-state index contributed by atoms with van der Waals surface area (Å²) in [5.41, 5.74) is 2.25. The van der Waals surface area contributed by atoms with Crippen LogP contribution in [0.3, 0.4) is 0 Å². The molecule has 1 N–H and O–H groups in total. The highest BCUT2D eigenvalue weighted by atomic mass is 16.6. The number of hydrogen-bond donors (Lipinski definition) is 1. The smallest absolute Gasteiger partial charge is 0.410 e. The van der Waals surface area contributed by atoms with Crippen LogP contribution in [-0.2, 0) is 16.1 Å². The van der Waals surface area contributed by atoms with Crippen LogP contribution in [0, 0.1) is 12.8 Å². The number of amides is 2. The molecule has 0 spiro atoms. The van der Waals surface area contributed by atoms with Gasteiger partial charge in [-0.3, -0.25) is 4.79 Å². The van der Waals surface area contributed by atoms with Crippen LogP contribution in [0.1, 0.15) is 38.6 Å². The molecule has 0 radical (unpaired) electrons. The van der Waals surface area contributed by atoms with E-state index < -0.39 is 5.60 Å². The van der Waals surface area contributed by atoms with Gasteiger partial charge in [0.15, 0.2) is 0 Å². The van der Waals surface area contributed by atoms with E-state index >= 15 is 0 Å². The highest BCUT2D eigenvalue weighted by molar-refractivity contribution is 5.80. The van der Waals surface area contributed by atoms with Crippen LogP contribution >= 0.6 is 0 Å². The first-order valence-electron chi connectivity index (χ1n) is 8.92. The Morgan fingerprint density at radius 1 is 1.35 bits per heavy atom. The van der Waals surface area contributed by atoms with Crippen molar-refractivity contribution in [3.05, 3.63) is 35.8 Å². The number of carbonyl (C=O) groups is 2. The molecule has 3 rings (SSSR count). The second-order valence-electron chi connectivity index (χ2n) is 7.76. The molecule has 1 atom stereocenters. The van der Waals surface area contributed by atoms with Crippen LogP contribution in [0.25, 0.3) is 5.65 Å². The number of pyridine rings is 1. The average Bonchev–Trinajstić information content (AvgIpc) is 3.18. The van der Waals surface area contributed by atoms with Crippen LogP contribution < -0.4 is 5.32 Å². The Hall–Kier alpha value is -2.57. The molecule has 26 heavy (non-hydrogen) atoms. The van der Waals surface area contributed by atoms with E-state index in [-0.39, 0.29) is 17.9 Å². The van der Waals surface area contributed by atoms with Gasteiger partial charge in [-0.25, -0.2) is 9.78 Å². The Morgan fingerprint density at radius 3 is 2.81 bits per heavy atom. The Morgan fingerprint density at radius 2 is 2.12 bits per heavy atom. The normalized spacial score (nSPS) is 17.5. The van der Waals surface area contributed by atoms with E-state index in [1.54, 1.807) is 4.90 Å². The number of nitrogens with one attached hydrogen (secondary N) is 1. The number of aryl methyl sites for hydroxylation is 1. The maximum absolute atomic E-state index is 12.4. The summed E-state index contributed by atoms with van der Waals surface area (Å²) in [6, 6.07) is 5.92. The number of nitrogens with zero attached hydrogens (tertiary/aromatic N) is 3. The van der Waals surface area contributed by atoms with E-state index in [2.05, 4.69) is 10.3 Å². The van der Waals surface area contributed by atoms with Crippen molar-refractivity contribution >= 4 is 17.6 Å². The molecule has 140 valence electrons. The van der Waals surface area contributed by atoms with Gasteiger partial charge in [-0.05, 0) is 46.2 Å². The lowest BCUT2D eigenvalue weighted by atomic mass is 10.1. The second-order valence-corrected chi connectivity index (χ2v) is 7.76. The van der Waals surface area contributed by atoms with Crippen molar-refractivity contribution in [1.29, 1.82) is 0 Å². The summed E-state index contributed by atoms with van der Waals surface area (Å²) < 4.78 is 7.37.